The summed E-state index contributed by atoms with van der Waals surface area (Å²) >= 11 is 0. The predicted octanol–water partition coefficient (Wildman–Crippen LogP) is 2.73. The third-order valence-corrected chi connectivity index (χ3v) is 4.61. The molecular weight excluding hydrogens is 304 g/mol. The number of hydrogen-bond donors (Lipinski definition) is 0. The van der Waals surface area contributed by atoms with E-state index in [9.17, 15) is 10.1 Å². The van der Waals surface area contributed by atoms with E-state index in [-0.39, 0.29) is 12.1 Å². The van der Waals surface area contributed by atoms with Gasteiger partial charge in [0.15, 0.2) is 6.54 Å². The van der Waals surface area contributed by atoms with Gasteiger partial charge in [0.25, 0.3) is 0 Å². The number of aromatic nitrogens is 1. The van der Waals surface area contributed by atoms with E-state index >= 15 is 0 Å². The van der Waals surface area contributed by atoms with Gasteiger partial charge in [-0.15, -0.1) is 0 Å². The number of nitriles is 1. The Balaban J connectivity index is 2.09. The fourth-order valence-corrected chi connectivity index (χ4v) is 3.10. The molecule has 2 heterocycles. The largest absolute Gasteiger partial charge is 0.444 e. The van der Waals surface area contributed by atoms with Gasteiger partial charge in [0.2, 0.25) is 0 Å². The van der Waals surface area contributed by atoms with E-state index in [1.165, 1.54) is 0 Å². The molecule has 0 spiro atoms. The predicted molar refractivity (Wildman–Crippen MR) is 90.9 cm³/mol. The molecule has 1 unspecified atom stereocenters. The van der Waals surface area contributed by atoms with Crippen molar-refractivity contribution < 1.29 is 14.0 Å². The lowest BCUT2D eigenvalue weighted by atomic mass is 10.1. The Morgan fingerprint density at radius 2 is 2.08 bits per heavy atom. The highest BCUT2D eigenvalue weighted by Gasteiger charge is 2.41. The standard InChI is InChI=1S/C18H27N4O2/c1-15(16-7-5-6-9-20-16)22(12-8-19)13-10-21(11-14-22)17(23)24-18(2,3)4/h5-7,9,15H,10-14H2,1-4H3/q+1. The van der Waals surface area contributed by atoms with Crippen molar-refractivity contribution in [3.8, 4) is 6.07 Å². The summed E-state index contributed by atoms with van der Waals surface area (Å²) in [7, 11) is 0. The first-order chi connectivity index (χ1) is 11.3. The number of rotatable bonds is 3. The summed E-state index contributed by atoms with van der Waals surface area (Å²) in [5, 5.41) is 9.32. The highest BCUT2D eigenvalue weighted by Crippen LogP contribution is 2.29. The topological polar surface area (TPSA) is 66.2 Å². The summed E-state index contributed by atoms with van der Waals surface area (Å²) in [5.41, 5.74) is 0.493. The Labute approximate surface area is 144 Å². The van der Waals surface area contributed by atoms with E-state index in [2.05, 4.69) is 18.0 Å². The second-order valence-electron chi connectivity index (χ2n) is 7.38. The molecule has 6 nitrogen and oxygen atoms in total. The Kier molecular flexibility index (Phi) is 5.45. The third kappa shape index (κ3) is 4.24. The SMILES string of the molecule is CC(c1ccccn1)[N+]1(CC#N)CCN(C(=O)OC(C)(C)C)CC1. The normalized spacial score (nSPS) is 18.5. The van der Waals surface area contributed by atoms with Crippen LogP contribution < -0.4 is 0 Å². The zero-order valence-electron chi connectivity index (χ0n) is 15.0. The van der Waals surface area contributed by atoms with Gasteiger partial charge in [-0.1, -0.05) is 6.07 Å². The minimum absolute atomic E-state index is 0.117. The van der Waals surface area contributed by atoms with E-state index in [1.54, 1.807) is 11.1 Å². The summed E-state index contributed by atoms with van der Waals surface area (Å²) in [6.45, 7) is 10.8. The molecule has 1 amide bonds. The first kappa shape index (κ1) is 18.2. The number of ether oxygens (including phenoxy) is 1. The smallest absolute Gasteiger partial charge is 0.410 e. The summed E-state index contributed by atoms with van der Waals surface area (Å²) in [4.78, 5) is 18.4. The minimum atomic E-state index is -0.492. The van der Waals surface area contributed by atoms with Crippen LogP contribution in [-0.4, -0.2) is 58.8 Å². The molecule has 1 aliphatic heterocycles. The molecule has 1 atom stereocenters. The number of carbonyl (C=O) groups is 1. The van der Waals surface area contributed by atoms with E-state index in [0.29, 0.717) is 24.1 Å². The van der Waals surface area contributed by atoms with Gasteiger partial charge in [-0.25, -0.2) is 4.79 Å². The lowest BCUT2D eigenvalue weighted by Gasteiger charge is -2.46. The zero-order chi connectivity index (χ0) is 17.8. The number of piperazine rings is 1. The van der Waals surface area contributed by atoms with Crippen molar-refractivity contribution in [1.29, 1.82) is 5.26 Å². The molecule has 0 aliphatic carbocycles. The fraction of sp³-hybridized carbons (Fsp3) is 0.611. The van der Waals surface area contributed by atoms with Gasteiger partial charge < -0.3 is 9.22 Å². The first-order valence-electron chi connectivity index (χ1n) is 8.39. The Morgan fingerprint density at radius 3 is 2.58 bits per heavy atom. The number of quaternary nitrogens is 1. The Morgan fingerprint density at radius 1 is 1.42 bits per heavy atom. The number of amides is 1. The van der Waals surface area contributed by atoms with Crippen LogP contribution in [0.4, 0.5) is 4.79 Å². The van der Waals surface area contributed by atoms with Crippen LogP contribution in [0.5, 0.6) is 0 Å². The monoisotopic (exact) mass is 331 g/mol. The maximum Gasteiger partial charge on any atom is 0.410 e. The van der Waals surface area contributed by atoms with Crippen molar-refractivity contribution in [1.82, 2.24) is 9.88 Å². The van der Waals surface area contributed by atoms with Crippen LogP contribution in [0.3, 0.4) is 0 Å². The lowest BCUT2D eigenvalue weighted by molar-refractivity contribution is -0.952. The minimum Gasteiger partial charge on any atom is -0.444 e. The van der Waals surface area contributed by atoms with Crippen molar-refractivity contribution in [2.75, 3.05) is 32.7 Å². The highest BCUT2D eigenvalue weighted by atomic mass is 16.6. The average molecular weight is 331 g/mol. The molecule has 1 aliphatic rings. The van der Waals surface area contributed by atoms with Gasteiger partial charge in [0.05, 0.1) is 31.9 Å². The van der Waals surface area contributed by atoms with E-state index in [4.69, 9.17) is 4.74 Å². The molecule has 0 bridgehead atoms. The van der Waals surface area contributed by atoms with E-state index < -0.39 is 5.60 Å². The number of pyridine rings is 1. The van der Waals surface area contributed by atoms with Crippen LogP contribution in [-0.2, 0) is 4.74 Å². The fourth-order valence-electron chi connectivity index (χ4n) is 3.10. The molecule has 1 aromatic heterocycles. The maximum absolute atomic E-state index is 12.2. The summed E-state index contributed by atoms with van der Waals surface area (Å²) in [6.07, 6.45) is 1.51. The van der Waals surface area contributed by atoms with Crippen molar-refractivity contribution >= 4 is 6.09 Å². The lowest BCUT2D eigenvalue weighted by Crippen LogP contribution is -2.61. The van der Waals surface area contributed by atoms with Crippen molar-refractivity contribution in [2.24, 2.45) is 0 Å². The quantitative estimate of drug-likeness (QED) is 0.631. The Bertz CT molecular complexity index is 596. The molecule has 2 rings (SSSR count). The van der Waals surface area contributed by atoms with Crippen molar-refractivity contribution in [2.45, 2.75) is 39.3 Å². The third-order valence-electron chi connectivity index (χ3n) is 4.61. The second-order valence-corrected chi connectivity index (χ2v) is 7.38. The Hall–Kier alpha value is -2.13. The van der Waals surface area contributed by atoms with E-state index in [1.807, 2.05) is 39.0 Å². The maximum atomic E-state index is 12.2. The van der Waals surface area contributed by atoms with Gasteiger partial charge in [0.1, 0.15) is 17.7 Å². The number of hydrogen-bond acceptors (Lipinski definition) is 4. The molecule has 0 saturated carbocycles. The highest BCUT2D eigenvalue weighted by molar-refractivity contribution is 5.68. The molecule has 130 valence electrons. The van der Waals surface area contributed by atoms with Crippen molar-refractivity contribution in [3.63, 3.8) is 0 Å². The molecule has 1 aromatic rings. The molecule has 24 heavy (non-hydrogen) atoms. The first-order valence-corrected chi connectivity index (χ1v) is 8.39. The zero-order valence-corrected chi connectivity index (χ0v) is 15.0. The van der Waals surface area contributed by atoms with Gasteiger partial charge in [-0.2, -0.15) is 5.26 Å². The van der Waals surface area contributed by atoms with Crippen LogP contribution in [0.1, 0.15) is 39.4 Å². The van der Waals surface area contributed by atoms with Crippen LogP contribution in [0.2, 0.25) is 0 Å². The van der Waals surface area contributed by atoms with Gasteiger partial charge in [0, 0.05) is 6.20 Å². The van der Waals surface area contributed by atoms with Crippen LogP contribution in [0.25, 0.3) is 0 Å². The average Bonchev–Trinajstić information content (AvgIpc) is 2.54. The van der Waals surface area contributed by atoms with Crippen LogP contribution in [0.15, 0.2) is 24.4 Å². The molecule has 1 saturated heterocycles. The van der Waals surface area contributed by atoms with Crippen molar-refractivity contribution in [3.05, 3.63) is 30.1 Å². The molecule has 1 fully saturated rings. The summed E-state index contributed by atoms with van der Waals surface area (Å²) < 4.78 is 6.08. The second kappa shape index (κ2) is 7.18. The van der Waals surface area contributed by atoms with Crippen LogP contribution in [0, 0.1) is 11.3 Å². The van der Waals surface area contributed by atoms with Crippen LogP contribution >= 0.6 is 0 Å². The van der Waals surface area contributed by atoms with E-state index in [0.717, 1.165) is 18.8 Å². The van der Waals surface area contributed by atoms with Gasteiger partial charge >= 0.3 is 6.09 Å². The molecule has 0 radical (unpaired) electrons. The molecule has 0 aromatic carbocycles. The number of nitrogens with zero attached hydrogens (tertiary/aromatic N) is 4. The molecule has 0 N–H and O–H groups in total. The van der Waals surface area contributed by atoms with Gasteiger partial charge in [-0.3, -0.25) is 9.88 Å². The molecule has 6 heteroatoms. The van der Waals surface area contributed by atoms with Gasteiger partial charge in [-0.05, 0) is 39.8 Å². The number of carbonyl (C=O) groups excluding carboxylic acids is 1. The summed E-state index contributed by atoms with van der Waals surface area (Å²) in [5.74, 6) is 0. The molecular formula is C18H27N4O2+. The summed E-state index contributed by atoms with van der Waals surface area (Å²) in [6, 6.07) is 8.31.